The lowest BCUT2D eigenvalue weighted by atomic mass is 10.1. The Bertz CT molecular complexity index is 1250. The maximum atomic E-state index is 13.1. The summed E-state index contributed by atoms with van der Waals surface area (Å²) in [6.07, 6.45) is 5.36. The van der Waals surface area contributed by atoms with Gasteiger partial charge < -0.3 is 9.72 Å². The SMILES string of the molecule is O=C(CCCSc1nnc(-c2c[nH]c3ccccc23)n1CC1CCCO1)c1ccc(F)cc1. The van der Waals surface area contributed by atoms with E-state index in [0.717, 1.165) is 52.6 Å². The molecule has 0 bridgehead atoms. The number of H-pyrrole nitrogens is 1. The number of aromatic nitrogens is 4. The minimum absolute atomic E-state index is 0.0240. The number of fused-ring (bicyclic) bond motifs is 1. The molecule has 33 heavy (non-hydrogen) atoms. The molecule has 1 unspecified atom stereocenters. The number of hydrogen-bond acceptors (Lipinski definition) is 5. The highest BCUT2D eigenvalue weighted by molar-refractivity contribution is 7.99. The predicted octanol–water partition coefficient (Wildman–Crippen LogP) is 5.50. The quantitative estimate of drug-likeness (QED) is 0.201. The van der Waals surface area contributed by atoms with E-state index >= 15 is 0 Å². The van der Waals surface area contributed by atoms with Gasteiger partial charge in [0, 0.05) is 47.0 Å². The second-order valence-electron chi connectivity index (χ2n) is 8.18. The van der Waals surface area contributed by atoms with Crippen LogP contribution in [0.15, 0.2) is 59.9 Å². The van der Waals surface area contributed by atoms with Crippen molar-refractivity contribution in [1.82, 2.24) is 19.7 Å². The number of thioether (sulfide) groups is 1. The van der Waals surface area contributed by atoms with Crippen molar-refractivity contribution in [2.75, 3.05) is 12.4 Å². The summed E-state index contributed by atoms with van der Waals surface area (Å²) >= 11 is 1.60. The van der Waals surface area contributed by atoms with Crippen LogP contribution in [-0.2, 0) is 11.3 Å². The van der Waals surface area contributed by atoms with Crippen LogP contribution in [0.1, 0.15) is 36.0 Å². The highest BCUT2D eigenvalue weighted by Gasteiger charge is 2.23. The molecule has 1 saturated heterocycles. The van der Waals surface area contributed by atoms with Gasteiger partial charge in [-0.1, -0.05) is 30.0 Å². The maximum Gasteiger partial charge on any atom is 0.191 e. The zero-order valence-electron chi connectivity index (χ0n) is 18.2. The van der Waals surface area contributed by atoms with E-state index in [4.69, 9.17) is 4.74 Å². The van der Waals surface area contributed by atoms with Crippen molar-refractivity contribution in [3.63, 3.8) is 0 Å². The number of aromatic amines is 1. The molecule has 0 amide bonds. The summed E-state index contributed by atoms with van der Waals surface area (Å²) in [4.78, 5) is 15.7. The summed E-state index contributed by atoms with van der Waals surface area (Å²) in [5.41, 5.74) is 2.63. The third-order valence-corrected chi connectivity index (χ3v) is 6.96. The van der Waals surface area contributed by atoms with Crippen molar-refractivity contribution in [3.05, 3.63) is 66.1 Å². The number of nitrogens with one attached hydrogen (secondary N) is 1. The molecular weight excluding hydrogens is 439 g/mol. The zero-order valence-corrected chi connectivity index (χ0v) is 19.0. The van der Waals surface area contributed by atoms with E-state index in [2.05, 4.69) is 25.8 Å². The highest BCUT2D eigenvalue weighted by atomic mass is 32.2. The first-order valence-electron chi connectivity index (χ1n) is 11.2. The first-order chi connectivity index (χ1) is 16.2. The molecule has 8 heteroatoms. The molecule has 0 saturated carbocycles. The van der Waals surface area contributed by atoms with E-state index in [9.17, 15) is 9.18 Å². The molecule has 1 aliphatic heterocycles. The first-order valence-corrected chi connectivity index (χ1v) is 12.2. The van der Waals surface area contributed by atoms with Gasteiger partial charge in [-0.15, -0.1) is 10.2 Å². The number of hydrogen-bond donors (Lipinski definition) is 1. The molecular formula is C25H25FN4O2S. The monoisotopic (exact) mass is 464 g/mol. The number of ketones is 1. The van der Waals surface area contributed by atoms with E-state index in [1.54, 1.807) is 11.8 Å². The number of para-hydroxylation sites is 1. The molecule has 1 N–H and O–H groups in total. The van der Waals surface area contributed by atoms with Gasteiger partial charge in [-0.05, 0) is 49.6 Å². The van der Waals surface area contributed by atoms with E-state index in [-0.39, 0.29) is 17.7 Å². The van der Waals surface area contributed by atoms with Gasteiger partial charge >= 0.3 is 0 Å². The second-order valence-corrected chi connectivity index (χ2v) is 9.24. The Morgan fingerprint density at radius 1 is 1.18 bits per heavy atom. The first kappa shape index (κ1) is 21.9. The Balaban J connectivity index is 1.30. The van der Waals surface area contributed by atoms with Gasteiger partial charge in [0.2, 0.25) is 0 Å². The summed E-state index contributed by atoms with van der Waals surface area (Å²) in [7, 11) is 0. The second kappa shape index (κ2) is 9.89. The number of benzene rings is 2. The molecule has 1 fully saturated rings. The summed E-state index contributed by atoms with van der Waals surface area (Å²) < 4.78 is 21.1. The number of nitrogens with zero attached hydrogens (tertiary/aromatic N) is 3. The smallest absolute Gasteiger partial charge is 0.191 e. The van der Waals surface area contributed by atoms with E-state index in [1.165, 1.54) is 24.3 Å². The van der Waals surface area contributed by atoms with Crippen LogP contribution >= 0.6 is 11.8 Å². The maximum absolute atomic E-state index is 13.1. The Kier molecular flexibility index (Phi) is 6.55. The lowest BCUT2D eigenvalue weighted by Crippen LogP contribution is -2.16. The van der Waals surface area contributed by atoms with Crippen LogP contribution in [0.3, 0.4) is 0 Å². The Hall–Kier alpha value is -2.97. The van der Waals surface area contributed by atoms with Crippen LogP contribution in [0.25, 0.3) is 22.3 Å². The van der Waals surface area contributed by atoms with Crippen LogP contribution in [0.2, 0.25) is 0 Å². The van der Waals surface area contributed by atoms with Crippen molar-refractivity contribution >= 4 is 28.4 Å². The van der Waals surface area contributed by atoms with Crippen molar-refractivity contribution < 1.29 is 13.9 Å². The van der Waals surface area contributed by atoms with Crippen LogP contribution in [0.5, 0.6) is 0 Å². The summed E-state index contributed by atoms with van der Waals surface area (Å²) in [5.74, 6) is 1.26. The molecule has 3 heterocycles. The van der Waals surface area contributed by atoms with E-state index < -0.39 is 0 Å². The van der Waals surface area contributed by atoms with E-state index in [1.807, 2.05) is 24.4 Å². The summed E-state index contributed by atoms with van der Waals surface area (Å²) in [5, 5.41) is 11.0. The molecule has 5 rings (SSSR count). The van der Waals surface area contributed by atoms with Gasteiger partial charge in [-0.3, -0.25) is 9.36 Å². The van der Waals surface area contributed by atoms with Crippen LogP contribution in [0.4, 0.5) is 4.39 Å². The zero-order chi connectivity index (χ0) is 22.6. The average molecular weight is 465 g/mol. The molecule has 2 aromatic heterocycles. The number of ether oxygens (including phenoxy) is 1. The lowest BCUT2D eigenvalue weighted by molar-refractivity contribution is 0.0953. The van der Waals surface area contributed by atoms with Gasteiger partial charge in [0.15, 0.2) is 16.8 Å². The van der Waals surface area contributed by atoms with Crippen LogP contribution < -0.4 is 0 Å². The normalized spacial score (nSPS) is 16.0. The Morgan fingerprint density at radius 3 is 2.85 bits per heavy atom. The van der Waals surface area contributed by atoms with Gasteiger partial charge in [0.25, 0.3) is 0 Å². The standard InChI is InChI=1S/C25H25FN4O2S/c26-18-11-9-17(10-12-18)23(31)8-4-14-33-25-29-28-24(30(25)16-19-5-3-13-32-19)21-15-27-22-7-2-1-6-20(21)22/h1-2,6-7,9-12,15,19,27H,3-5,8,13-14,16H2. The molecule has 6 nitrogen and oxygen atoms in total. The largest absolute Gasteiger partial charge is 0.376 e. The number of carbonyl (C=O) groups is 1. The number of rotatable bonds is 9. The Morgan fingerprint density at radius 2 is 2.03 bits per heavy atom. The van der Waals surface area contributed by atoms with Gasteiger partial charge in [-0.2, -0.15) is 0 Å². The van der Waals surface area contributed by atoms with Gasteiger partial charge in [-0.25, -0.2) is 4.39 Å². The minimum atomic E-state index is -0.335. The van der Waals surface area contributed by atoms with Gasteiger partial charge in [0.05, 0.1) is 12.6 Å². The molecule has 1 aliphatic rings. The third-order valence-electron chi connectivity index (χ3n) is 5.90. The number of halogens is 1. The molecule has 170 valence electrons. The fraction of sp³-hybridized carbons (Fsp3) is 0.320. The fourth-order valence-corrected chi connectivity index (χ4v) is 5.07. The van der Waals surface area contributed by atoms with Crippen LogP contribution in [0, 0.1) is 5.82 Å². The van der Waals surface area contributed by atoms with Crippen molar-refractivity contribution in [3.8, 4) is 11.4 Å². The third kappa shape index (κ3) is 4.86. The fourth-order valence-electron chi connectivity index (χ4n) is 4.18. The molecule has 0 aliphatic carbocycles. The number of Topliss-reactive ketones (excluding diaryl/α,β-unsaturated/α-hetero) is 1. The topological polar surface area (TPSA) is 72.8 Å². The molecule has 1 atom stereocenters. The Labute approximate surface area is 195 Å². The van der Waals surface area contributed by atoms with Crippen molar-refractivity contribution in [2.45, 2.75) is 43.5 Å². The predicted molar refractivity (Wildman–Crippen MR) is 127 cm³/mol. The van der Waals surface area contributed by atoms with Crippen LogP contribution in [-0.4, -0.2) is 44.0 Å². The van der Waals surface area contributed by atoms with Crippen molar-refractivity contribution in [1.29, 1.82) is 0 Å². The molecule has 0 radical (unpaired) electrons. The molecule has 0 spiro atoms. The molecule has 4 aromatic rings. The lowest BCUT2D eigenvalue weighted by Gasteiger charge is -2.14. The number of carbonyl (C=O) groups excluding carboxylic acids is 1. The minimum Gasteiger partial charge on any atom is -0.376 e. The molecule has 2 aromatic carbocycles. The summed E-state index contributed by atoms with van der Waals surface area (Å²) in [6, 6.07) is 13.9. The average Bonchev–Trinajstić information content (AvgIpc) is 3.58. The van der Waals surface area contributed by atoms with Crippen molar-refractivity contribution in [2.24, 2.45) is 0 Å². The van der Waals surface area contributed by atoms with Gasteiger partial charge in [0.1, 0.15) is 5.82 Å². The highest BCUT2D eigenvalue weighted by Crippen LogP contribution is 2.31. The van der Waals surface area contributed by atoms with E-state index in [0.29, 0.717) is 24.9 Å². The summed E-state index contributed by atoms with van der Waals surface area (Å²) in [6.45, 7) is 1.50.